The van der Waals surface area contributed by atoms with E-state index in [1.807, 2.05) is 70.4 Å². The predicted octanol–water partition coefficient (Wildman–Crippen LogP) is 3.51. The third kappa shape index (κ3) is 1.70. The fourth-order valence-corrected chi connectivity index (χ4v) is 3.04. The smallest absolute Gasteiger partial charge is 0.239 e. The highest BCUT2D eigenvalue weighted by Crippen LogP contribution is 2.22. The Kier molecular flexibility index (Phi) is 2.36. The Labute approximate surface area is 131 Å². The van der Waals surface area contributed by atoms with E-state index in [4.69, 9.17) is 15.1 Å². The topological polar surface area (TPSA) is 47.5 Å². The van der Waals surface area contributed by atoms with E-state index in [-0.39, 0.29) is 0 Å². The minimum absolute atomic E-state index is 0.788. The van der Waals surface area contributed by atoms with E-state index in [0.717, 1.165) is 39.5 Å². The fraction of sp³-hybridized carbons (Fsp3) is 0.0556. The zero-order chi connectivity index (χ0) is 15.4. The van der Waals surface area contributed by atoms with E-state index in [0.29, 0.717) is 0 Å². The van der Waals surface area contributed by atoms with E-state index in [1.165, 1.54) is 0 Å². The number of imidazole rings is 1. The lowest BCUT2D eigenvalue weighted by atomic mass is 10.2. The Balaban J connectivity index is 1.91. The van der Waals surface area contributed by atoms with Gasteiger partial charge in [0.2, 0.25) is 5.78 Å². The summed E-state index contributed by atoms with van der Waals surface area (Å²) >= 11 is 0. The zero-order valence-corrected chi connectivity index (χ0v) is 12.5. The van der Waals surface area contributed by atoms with Gasteiger partial charge in [-0.25, -0.2) is 9.97 Å². The van der Waals surface area contributed by atoms with Crippen molar-refractivity contribution in [3.63, 3.8) is 0 Å². The van der Waals surface area contributed by atoms with Crippen molar-refractivity contribution >= 4 is 22.5 Å². The molecule has 110 valence electrons. The van der Waals surface area contributed by atoms with E-state index in [9.17, 15) is 0 Å². The molecule has 0 aliphatic rings. The average Bonchev–Trinajstić information content (AvgIpc) is 3.17. The first-order valence-corrected chi connectivity index (χ1v) is 7.50. The Hall–Kier alpha value is -3.21. The van der Waals surface area contributed by atoms with Crippen LogP contribution in [0.4, 0.5) is 0 Å². The second kappa shape index (κ2) is 4.39. The molecule has 5 nitrogen and oxygen atoms in total. The molecular formula is C18H13N5. The summed E-state index contributed by atoms with van der Waals surface area (Å²) in [5.41, 5.74) is 4.78. The van der Waals surface area contributed by atoms with Gasteiger partial charge >= 0.3 is 0 Å². The number of aromatic nitrogens is 5. The van der Waals surface area contributed by atoms with Gasteiger partial charge in [-0.05, 0) is 19.1 Å². The van der Waals surface area contributed by atoms with Crippen LogP contribution in [0.3, 0.4) is 0 Å². The molecule has 0 spiro atoms. The lowest BCUT2D eigenvalue weighted by Gasteiger charge is -2.01. The minimum Gasteiger partial charge on any atom is -0.264 e. The van der Waals surface area contributed by atoms with Gasteiger partial charge in [0, 0.05) is 11.6 Å². The third-order valence-corrected chi connectivity index (χ3v) is 4.09. The molecule has 0 N–H and O–H groups in total. The first kappa shape index (κ1) is 12.3. The van der Waals surface area contributed by atoms with Crippen LogP contribution in [0.15, 0.2) is 60.7 Å². The van der Waals surface area contributed by atoms with E-state index in [2.05, 4.69) is 6.07 Å². The maximum absolute atomic E-state index is 4.73. The van der Waals surface area contributed by atoms with Crippen molar-refractivity contribution in [1.82, 2.24) is 24.0 Å². The van der Waals surface area contributed by atoms with Gasteiger partial charge in [-0.15, -0.1) is 0 Å². The third-order valence-electron chi connectivity index (χ3n) is 4.09. The second-order valence-corrected chi connectivity index (χ2v) is 5.56. The highest BCUT2D eigenvalue weighted by Gasteiger charge is 2.14. The largest absolute Gasteiger partial charge is 0.264 e. The maximum atomic E-state index is 4.73. The molecule has 2 aromatic carbocycles. The molecule has 0 atom stereocenters. The first-order valence-electron chi connectivity index (χ1n) is 7.50. The number of para-hydroxylation sites is 2. The van der Waals surface area contributed by atoms with Gasteiger partial charge in [-0.2, -0.15) is 9.61 Å². The summed E-state index contributed by atoms with van der Waals surface area (Å²) in [5, 5.41) is 4.72. The van der Waals surface area contributed by atoms with Gasteiger partial charge in [-0.1, -0.05) is 42.5 Å². The predicted molar refractivity (Wildman–Crippen MR) is 89.4 cm³/mol. The maximum Gasteiger partial charge on any atom is 0.239 e. The molecule has 23 heavy (non-hydrogen) atoms. The van der Waals surface area contributed by atoms with Crippen LogP contribution in [0.1, 0.15) is 5.82 Å². The summed E-state index contributed by atoms with van der Waals surface area (Å²) in [4.78, 5) is 9.43. The van der Waals surface area contributed by atoms with Crippen LogP contribution in [-0.4, -0.2) is 24.0 Å². The number of hydrogen-bond donors (Lipinski definition) is 0. The lowest BCUT2D eigenvalue weighted by Crippen LogP contribution is -2.03. The van der Waals surface area contributed by atoms with Gasteiger partial charge in [-0.3, -0.25) is 4.40 Å². The van der Waals surface area contributed by atoms with Gasteiger partial charge < -0.3 is 0 Å². The van der Waals surface area contributed by atoms with Crippen LogP contribution < -0.4 is 0 Å². The SMILES string of the molecule is Cc1nc2cc(-c3ccccc3)nn2c2nc3ccccc3n12. The van der Waals surface area contributed by atoms with Crippen LogP contribution in [0, 0.1) is 6.92 Å². The Bertz CT molecular complexity index is 1170. The van der Waals surface area contributed by atoms with Crippen molar-refractivity contribution < 1.29 is 0 Å². The molecular weight excluding hydrogens is 286 g/mol. The summed E-state index contributed by atoms with van der Waals surface area (Å²) in [6, 6.07) is 20.2. The van der Waals surface area contributed by atoms with Crippen molar-refractivity contribution in [2.75, 3.05) is 0 Å². The van der Waals surface area contributed by atoms with E-state index < -0.39 is 0 Å². The number of rotatable bonds is 1. The number of benzene rings is 2. The molecule has 0 unspecified atom stereocenters. The number of hydrogen-bond acceptors (Lipinski definition) is 3. The van der Waals surface area contributed by atoms with Crippen molar-refractivity contribution in [3.05, 3.63) is 66.5 Å². The van der Waals surface area contributed by atoms with Crippen LogP contribution in [0.25, 0.3) is 33.7 Å². The van der Waals surface area contributed by atoms with Gasteiger partial charge in [0.25, 0.3) is 0 Å². The molecule has 0 fully saturated rings. The van der Waals surface area contributed by atoms with Crippen molar-refractivity contribution in [1.29, 1.82) is 0 Å². The summed E-state index contributed by atoms with van der Waals surface area (Å²) in [5.74, 6) is 1.69. The minimum atomic E-state index is 0.788. The Morgan fingerprint density at radius 2 is 1.65 bits per heavy atom. The Morgan fingerprint density at radius 1 is 0.870 bits per heavy atom. The van der Waals surface area contributed by atoms with Crippen LogP contribution in [0.5, 0.6) is 0 Å². The van der Waals surface area contributed by atoms with Crippen molar-refractivity contribution in [2.24, 2.45) is 0 Å². The molecule has 3 heterocycles. The average molecular weight is 299 g/mol. The highest BCUT2D eigenvalue weighted by atomic mass is 15.3. The monoisotopic (exact) mass is 299 g/mol. The van der Waals surface area contributed by atoms with Crippen molar-refractivity contribution in [2.45, 2.75) is 6.92 Å². The van der Waals surface area contributed by atoms with Crippen LogP contribution >= 0.6 is 0 Å². The van der Waals surface area contributed by atoms with Gasteiger partial charge in [0.1, 0.15) is 5.82 Å². The summed E-state index contributed by atoms with van der Waals surface area (Å²) in [6.45, 7) is 2.00. The highest BCUT2D eigenvalue weighted by molar-refractivity contribution is 5.80. The molecule has 0 saturated carbocycles. The van der Waals surface area contributed by atoms with E-state index >= 15 is 0 Å². The van der Waals surface area contributed by atoms with Crippen LogP contribution in [-0.2, 0) is 0 Å². The molecule has 0 aliphatic heterocycles. The molecule has 5 heteroatoms. The number of fused-ring (bicyclic) bond motifs is 5. The molecule has 0 bridgehead atoms. The molecule has 3 aromatic heterocycles. The summed E-state index contributed by atoms with van der Waals surface area (Å²) in [6.07, 6.45) is 0. The molecule has 5 rings (SSSR count). The van der Waals surface area contributed by atoms with Crippen LogP contribution in [0.2, 0.25) is 0 Å². The molecule has 5 aromatic rings. The molecule has 0 saturated heterocycles. The zero-order valence-electron chi connectivity index (χ0n) is 12.5. The summed E-state index contributed by atoms with van der Waals surface area (Å²) < 4.78 is 3.86. The van der Waals surface area contributed by atoms with Gasteiger partial charge in [0.15, 0.2) is 5.65 Å². The second-order valence-electron chi connectivity index (χ2n) is 5.56. The standard InChI is InChI=1S/C18H13N5/c1-12-19-17-11-15(13-7-3-2-4-8-13)21-23(17)18-20-14-9-5-6-10-16(14)22(12)18/h2-11H,1H3. The fourth-order valence-electron chi connectivity index (χ4n) is 3.04. The summed E-state index contributed by atoms with van der Waals surface area (Å²) in [7, 11) is 0. The molecule has 0 aliphatic carbocycles. The van der Waals surface area contributed by atoms with E-state index in [1.54, 1.807) is 0 Å². The first-order chi connectivity index (χ1) is 11.3. The lowest BCUT2D eigenvalue weighted by molar-refractivity contribution is 0.881. The Morgan fingerprint density at radius 3 is 2.52 bits per heavy atom. The molecule has 0 amide bonds. The normalized spacial score (nSPS) is 11.7. The number of nitrogens with zero attached hydrogens (tertiary/aromatic N) is 5. The quantitative estimate of drug-likeness (QED) is 0.476. The number of aryl methyl sites for hydroxylation is 1. The van der Waals surface area contributed by atoms with Gasteiger partial charge in [0.05, 0.1) is 16.7 Å². The molecule has 0 radical (unpaired) electrons. The van der Waals surface area contributed by atoms with Crippen molar-refractivity contribution in [3.8, 4) is 11.3 Å².